The lowest BCUT2D eigenvalue weighted by Gasteiger charge is -2.24. The van der Waals surface area contributed by atoms with Gasteiger partial charge in [0.2, 0.25) is 0 Å². The number of halogens is 2. The van der Waals surface area contributed by atoms with Gasteiger partial charge in [0.05, 0.1) is 32.4 Å². The number of para-hydroxylation sites is 2. The molecular weight excluding hydrogens is 632 g/mol. The lowest BCUT2D eigenvalue weighted by Crippen LogP contribution is -2.31. The van der Waals surface area contributed by atoms with Crippen molar-refractivity contribution in [1.82, 2.24) is 9.13 Å². The molecule has 0 unspecified atom stereocenters. The molecular formula is C33H30Br2N2O3. The van der Waals surface area contributed by atoms with Crippen molar-refractivity contribution < 1.29 is 14.2 Å². The third-order valence-electron chi connectivity index (χ3n) is 7.83. The quantitative estimate of drug-likeness (QED) is 0.172. The summed E-state index contributed by atoms with van der Waals surface area (Å²) in [6.45, 7) is 6.32. The molecule has 0 spiro atoms. The molecule has 0 amide bonds. The van der Waals surface area contributed by atoms with Gasteiger partial charge in [-0.05, 0) is 62.4 Å². The van der Waals surface area contributed by atoms with Gasteiger partial charge in [-0.1, -0.05) is 68.3 Å². The molecule has 6 aromatic rings. The van der Waals surface area contributed by atoms with Gasteiger partial charge in [-0.15, -0.1) is 0 Å². The van der Waals surface area contributed by atoms with Crippen molar-refractivity contribution in [1.29, 1.82) is 0 Å². The lowest BCUT2D eigenvalue weighted by molar-refractivity contribution is -0.148. The number of hydrogen-bond donors (Lipinski definition) is 0. The Labute approximate surface area is 249 Å². The van der Waals surface area contributed by atoms with E-state index in [1.165, 1.54) is 43.6 Å². The summed E-state index contributed by atoms with van der Waals surface area (Å²) in [6.07, 6.45) is -0.210. The second-order valence-electron chi connectivity index (χ2n) is 11.0. The maximum atomic E-state index is 6.74. The zero-order valence-electron chi connectivity index (χ0n) is 22.4. The number of hydrogen-bond acceptors (Lipinski definition) is 3. The lowest BCUT2D eigenvalue weighted by atomic mass is 10.2. The fourth-order valence-corrected chi connectivity index (χ4v) is 6.83. The monoisotopic (exact) mass is 660 g/mol. The normalized spacial score (nSPS) is 17.9. The van der Waals surface area contributed by atoms with Gasteiger partial charge in [-0.25, -0.2) is 0 Å². The topological polar surface area (TPSA) is 37.5 Å². The average molecular weight is 662 g/mol. The van der Waals surface area contributed by atoms with Gasteiger partial charge in [0.15, 0.2) is 5.79 Å². The van der Waals surface area contributed by atoms with E-state index < -0.39 is 5.79 Å². The van der Waals surface area contributed by atoms with E-state index in [1.807, 2.05) is 13.8 Å². The molecule has 1 aliphatic rings. The van der Waals surface area contributed by atoms with E-state index in [-0.39, 0.29) is 12.2 Å². The summed E-state index contributed by atoms with van der Waals surface area (Å²) < 4.78 is 25.6. The Kier molecular flexibility index (Phi) is 6.76. The highest BCUT2D eigenvalue weighted by atomic mass is 79.9. The predicted molar refractivity (Wildman–Crippen MR) is 169 cm³/mol. The van der Waals surface area contributed by atoms with Gasteiger partial charge in [0.1, 0.15) is 6.10 Å². The van der Waals surface area contributed by atoms with Crippen molar-refractivity contribution >= 4 is 75.5 Å². The molecule has 204 valence electrons. The number of nitrogens with zero attached hydrogens (tertiary/aromatic N) is 2. The van der Waals surface area contributed by atoms with Gasteiger partial charge in [-0.3, -0.25) is 0 Å². The van der Waals surface area contributed by atoms with Crippen molar-refractivity contribution in [3.63, 3.8) is 0 Å². The molecule has 0 radical (unpaired) electrons. The van der Waals surface area contributed by atoms with Crippen LogP contribution in [0.1, 0.15) is 13.8 Å². The van der Waals surface area contributed by atoms with Crippen LogP contribution in [0.15, 0.2) is 93.9 Å². The Bertz CT molecular complexity index is 1760. The summed E-state index contributed by atoms with van der Waals surface area (Å²) in [4.78, 5) is 0. The highest BCUT2D eigenvalue weighted by molar-refractivity contribution is 9.10. The Balaban J connectivity index is 1.31. The van der Waals surface area contributed by atoms with Crippen LogP contribution in [0.2, 0.25) is 0 Å². The van der Waals surface area contributed by atoms with Crippen LogP contribution in [0.25, 0.3) is 43.6 Å². The molecule has 5 nitrogen and oxygen atoms in total. The molecule has 2 aromatic heterocycles. The Morgan fingerprint density at radius 1 is 0.750 bits per heavy atom. The predicted octanol–water partition coefficient (Wildman–Crippen LogP) is 8.66. The van der Waals surface area contributed by atoms with Crippen LogP contribution in [0.3, 0.4) is 0 Å². The first-order chi connectivity index (χ1) is 19.4. The summed E-state index contributed by atoms with van der Waals surface area (Å²) in [6, 6.07) is 30.3. The minimum atomic E-state index is -0.579. The van der Waals surface area contributed by atoms with Gasteiger partial charge in [0.25, 0.3) is 0 Å². The smallest absolute Gasteiger partial charge is 0.163 e. The van der Waals surface area contributed by atoms with Crippen LogP contribution in [-0.4, -0.2) is 40.3 Å². The van der Waals surface area contributed by atoms with E-state index >= 15 is 0 Å². The number of fused-ring (bicyclic) bond motifs is 6. The number of rotatable bonds is 7. The Hall–Kier alpha value is -2.68. The van der Waals surface area contributed by atoms with Crippen LogP contribution >= 0.6 is 31.9 Å². The first-order valence-corrected chi connectivity index (χ1v) is 15.2. The molecule has 2 atom stereocenters. The molecule has 3 heterocycles. The largest absolute Gasteiger partial charge is 0.372 e. The molecule has 0 bridgehead atoms. The van der Waals surface area contributed by atoms with Crippen molar-refractivity contribution in [2.75, 3.05) is 13.2 Å². The number of ether oxygens (including phenoxy) is 3. The summed E-state index contributed by atoms with van der Waals surface area (Å²) in [5.41, 5.74) is 4.81. The minimum absolute atomic E-state index is 0.0966. The summed E-state index contributed by atoms with van der Waals surface area (Å²) in [5.74, 6) is -0.579. The van der Waals surface area contributed by atoms with Crippen LogP contribution in [0.5, 0.6) is 0 Å². The fraction of sp³-hybridized carbons (Fsp3) is 0.273. The maximum absolute atomic E-state index is 6.74. The number of aromatic nitrogens is 2. The summed E-state index contributed by atoms with van der Waals surface area (Å²) in [7, 11) is 0. The standard InChI is InChI=1S/C33H30Br2N2O3/c1-33(2)39-20-24(40-33)19-38-23(17-36-29-9-5-3-7-25(29)26-8-4-6-10-30(26)36)18-37-31-13-11-21(34)15-27(31)28-16-22(35)12-14-32(28)37/h3-16,23-24H,17-20H2,1-2H3/t23-,24-/m1/s1. The zero-order valence-corrected chi connectivity index (χ0v) is 25.6. The Morgan fingerprint density at radius 3 is 1.75 bits per heavy atom. The third kappa shape index (κ3) is 4.78. The van der Waals surface area contributed by atoms with Crippen molar-refractivity contribution in [2.24, 2.45) is 0 Å². The SMILES string of the molecule is CC1(C)OC[C@@H](CO[C@H](Cn2c3ccccc3c3ccccc32)Cn2c3ccc(Br)cc3c3cc(Br)ccc32)O1. The highest BCUT2D eigenvalue weighted by Gasteiger charge is 2.33. The van der Waals surface area contributed by atoms with Crippen LogP contribution in [0, 0.1) is 0 Å². The van der Waals surface area contributed by atoms with E-state index in [0.717, 1.165) is 8.95 Å². The van der Waals surface area contributed by atoms with Crippen molar-refractivity contribution in [2.45, 2.75) is 44.9 Å². The second kappa shape index (κ2) is 10.3. The van der Waals surface area contributed by atoms with Gasteiger partial charge in [-0.2, -0.15) is 0 Å². The molecule has 1 fully saturated rings. The van der Waals surface area contributed by atoms with E-state index in [2.05, 4.69) is 126 Å². The summed E-state index contributed by atoms with van der Waals surface area (Å²) in [5, 5.41) is 4.96. The van der Waals surface area contributed by atoms with Crippen LogP contribution < -0.4 is 0 Å². The molecule has 0 aliphatic carbocycles. The van der Waals surface area contributed by atoms with Crippen molar-refractivity contribution in [3.05, 3.63) is 93.9 Å². The first-order valence-electron chi connectivity index (χ1n) is 13.6. The van der Waals surface area contributed by atoms with Gasteiger partial charge < -0.3 is 23.3 Å². The highest BCUT2D eigenvalue weighted by Crippen LogP contribution is 2.35. The van der Waals surface area contributed by atoms with E-state index in [9.17, 15) is 0 Å². The average Bonchev–Trinajstić information content (AvgIpc) is 3.56. The van der Waals surface area contributed by atoms with Crippen LogP contribution in [-0.2, 0) is 27.3 Å². The molecule has 40 heavy (non-hydrogen) atoms. The molecule has 1 saturated heterocycles. The Morgan fingerprint density at radius 2 is 1.25 bits per heavy atom. The second-order valence-corrected chi connectivity index (χ2v) is 12.8. The minimum Gasteiger partial charge on any atom is -0.372 e. The fourth-order valence-electron chi connectivity index (χ4n) is 6.10. The van der Waals surface area contributed by atoms with Crippen molar-refractivity contribution in [3.8, 4) is 0 Å². The molecule has 0 saturated carbocycles. The zero-order chi connectivity index (χ0) is 27.4. The molecule has 7 heteroatoms. The van der Waals surface area contributed by atoms with Gasteiger partial charge in [0, 0.05) is 52.6 Å². The molecule has 1 aliphatic heterocycles. The molecule has 4 aromatic carbocycles. The molecule has 7 rings (SSSR count). The van der Waals surface area contributed by atoms with Crippen LogP contribution in [0.4, 0.5) is 0 Å². The van der Waals surface area contributed by atoms with E-state index in [4.69, 9.17) is 14.2 Å². The van der Waals surface area contributed by atoms with Gasteiger partial charge >= 0.3 is 0 Å². The van der Waals surface area contributed by atoms with E-state index in [1.54, 1.807) is 0 Å². The first kappa shape index (κ1) is 26.2. The van der Waals surface area contributed by atoms with E-state index in [0.29, 0.717) is 26.3 Å². The number of benzene rings is 4. The maximum Gasteiger partial charge on any atom is 0.163 e. The molecule has 0 N–H and O–H groups in total. The summed E-state index contributed by atoms with van der Waals surface area (Å²) >= 11 is 7.36. The third-order valence-corrected chi connectivity index (χ3v) is 8.81.